The largest absolute Gasteiger partial charge is 0.347 e. The third kappa shape index (κ3) is 5.06. The first-order valence-corrected chi connectivity index (χ1v) is 8.25. The fourth-order valence-electron chi connectivity index (χ4n) is 3.04. The Morgan fingerprint density at radius 3 is 2.65 bits per heavy atom. The molecule has 2 atom stereocenters. The summed E-state index contributed by atoms with van der Waals surface area (Å²) in [4.78, 5) is 28.1. The average molecular weight is 317 g/mol. The fraction of sp³-hybridized carbons (Fsp3) is 0.556. The molecule has 0 saturated carbocycles. The van der Waals surface area contributed by atoms with Crippen molar-refractivity contribution >= 4 is 11.8 Å². The highest BCUT2D eigenvalue weighted by Gasteiger charge is 2.28. The van der Waals surface area contributed by atoms with Crippen LogP contribution in [-0.4, -0.2) is 54.8 Å². The summed E-state index contributed by atoms with van der Waals surface area (Å²) >= 11 is 0. The van der Waals surface area contributed by atoms with Gasteiger partial charge in [-0.15, -0.1) is 0 Å². The molecule has 1 aliphatic rings. The quantitative estimate of drug-likeness (QED) is 0.895. The average Bonchev–Trinajstić information content (AvgIpc) is 2.55. The first-order chi connectivity index (χ1) is 11.0. The first-order valence-electron chi connectivity index (χ1n) is 8.25. The zero-order chi connectivity index (χ0) is 16.8. The molecule has 2 amide bonds. The summed E-state index contributed by atoms with van der Waals surface area (Å²) in [6.07, 6.45) is 1.90. The van der Waals surface area contributed by atoms with Gasteiger partial charge in [0.15, 0.2) is 0 Å². The number of carbonyl (C=O) groups excluding carboxylic acids is 2. The topological polar surface area (TPSA) is 52.7 Å². The van der Waals surface area contributed by atoms with E-state index >= 15 is 0 Å². The van der Waals surface area contributed by atoms with Crippen molar-refractivity contribution in [2.24, 2.45) is 5.92 Å². The summed E-state index contributed by atoms with van der Waals surface area (Å²) in [5.74, 6) is -0.120. The van der Waals surface area contributed by atoms with Gasteiger partial charge in [0.1, 0.15) is 6.04 Å². The molecule has 5 nitrogen and oxygen atoms in total. The van der Waals surface area contributed by atoms with Crippen molar-refractivity contribution in [3.8, 4) is 0 Å². The first kappa shape index (κ1) is 17.5. The molecule has 1 aliphatic heterocycles. The van der Waals surface area contributed by atoms with Crippen LogP contribution >= 0.6 is 0 Å². The van der Waals surface area contributed by atoms with Crippen molar-refractivity contribution in [1.29, 1.82) is 0 Å². The lowest BCUT2D eigenvalue weighted by molar-refractivity contribution is -0.135. The minimum atomic E-state index is -0.470. The molecule has 1 saturated heterocycles. The van der Waals surface area contributed by atoms with Crippen LogP contribution in [0.25, 0.3) is 0 Å². The second-order valence-electron chi connectivity index (χ2n) is 6.52. The van der Waals surface area contributed by atoms with E-state index in [9.17, 15) is 9.59 Å². The van der Waals surface area contributed by atoms with Crippen molar-refractivity contribution in [3.05, 3.63) is 35.9 Å². The summed E-state index contributed by atoms with van der Waals surface area (Å²) in [6.45, 7) is 4.38. The van der Waals surface area contributed by atoms with Crippen LogP contribution in [0.2, 0.25) is 0 Å². The number of hydrogen-bond donors (Lipinski definition) is 1. The minimum absolute atomic E-state index is 0.00883. The number of piperidine rings is 1. The zero-order valence-electron chi connectivity index (χ0n) is 14.3. The van der Waals surface area contributed by atoms with Crippen LogP contribution in [0, 0.1) is 5.92 Å². The third-order valence-corrected chi connectivity index (χ3v) is 4.30. The molecule has 0 aliphatic carbocycles. The second kappa shape index (κ2) is 8.11. The number of carbonyl (C=O) groups is 2. The Balaban J connectivity index is 1.87. The molecule has 0 bridgehead atoms. The predicted molar refractivity (Wildman–Crippen MR) is 90.7 cm³/mol. The van der Waals surface area contributed by atoms with Gasteiger partial charge in [-0.25, -0.2) is 0 Å². The number of hydrogen-bond acceptors (Lipinski definition) is 3. The Bertz CT molecular complexity index is 530. The molecule has 1 N–H and O–H groups in total. The predicted octanol–water partition coefficient (Wildman–Crippen LogP) is 1.49. The van der Waals surface area contributed by atoms with Gasteiger partial charge in [-0.1, -0.05) is 30.3 Å². The summed E-state index contributed by atoms with van der Waals surface area (Å²) in [5.41, 5.74) is 1.27. The third-order valence-electron chi connectivity index (χ3n) is 4.30. The van der Waals surface area contributed by atoms with Crippen molar-refractivity contribution in [2.75, 3.05) is 27.2 Å². The van der Waals surface area contributed by atoms with Gasteiger partial charge in [-0.2, -0.15) is 0 Å². The molecular weight excluding hydrogens is 290 g/mol. The maximum absolute atomic E-state index is 12.4. The van der Waals surface area contributed by atoms with Crippen LogP contribution in [0.15, 0.2) is 30.3 Å². The number of likely N-dealkylation sites (tertiary alicyclic amines) is 1. The van der Waals surface area contributed by atoms with E-state index in [1.807, 2.05) is 18.2 Å². The van der Waals surface area contributed by atoms with Gasteiger partial charge in [0.25, 0.3) is 0 Å². The van der Waals surface area contributed by atoms with Crippen LogP contribution in [-0.2, 0) is 16.1 Å². The van der Waals surface area contributed by atoms with Crippen LogP contribution in [0.3, 0.4) is 0 Å². The number of nitrogens with zero attached hydrogens (tertiary/aromatic N) is 2. The summed E-state index contributed by atoms with van der Waals surface area (Å²) < 4.78 is 0. The van der Waals surface area contributed by atoms with E-state index in [2.05, 4.69) is 22.3 Å². The maximum atomic E-state index is 12.4. The van der Waals surface area contributed by atoms with E-state index in [4.69, 9.17) is 0 Å². The molecule has 0 radical (unpaired) electrons. The lowest BCUT2D eigenvalue weighted by atomic mass is 9.96. The van der Waals surface area contributed by atoms with E-state index < -0.39 is 6.04 Å². The minimum Gasteiger partial charge on any atom is -0.347 e. The highest BCUT2D eigenvalue weighted by molar-refractivity contribution is 5.88. The molecule has 1 aromatic rings. The highest BCUT2D eigenvalue weighted by atomic mass is 16.2. The van der Waals surface area contributed by atoms with Gasteiger partial charge in [0, 0.05) is 27.2 Å². The number of rotatable bonds is 5. The molecule has 0 aromatic heterocycles. The summed E-state index contributed by atoms with van der Waals surface area (Å²) in [6, 6.07) is 9.85. The summed E-state index contributed by atoms with van der Waals surface area (Å²) in [7, 11) is 3.40. The Morgan fingerprint density at radius 2 is 2.00 bits per heavy atom. The molecule has 0 spiro atoms. The van der Waals surface area contributed by atoms with Crippen LogP contribution in [0.4, 0.5) is 0 Å². The second-order valence-corrected chi connectivity index (χ2v) is 6.52. The van der Waals surface area contributed by atoms with Crippen LogP contribution in [0.5, 0.6) is 0 Å². The Kier molecular flexibility index (Phi) is 6.16. The molecule has 126 valence electrons. The van der Waals surface area contributed by atoms with Crippen LogP contribution < -0.4 is 5.32 Å². The molecule has 2 rings (SSSR count). The number of benzene rings is 1. The maximum Gasteiger partial charge on any atom is 0.244 e. The van der Waals surface area contributed by atoms with Crippen molar-refractivity contribution in [2.45, 2.75) is 32.4 Å². The van der Waals surface area contributed by atoms with Crippen molar-refractivity contribution in [1.82, 2.24) is 15.1 Å². The van der Waals surface area contributed by atoms with E-state index in [-0.39, 0.29) is 17.7 Å². The highest BCUT2D eigenvalue weighted by Crippen LogP contribution is 2.19. The molecule has 23 heavy (non-hydrogen) atoms. The van der Waals surface area contributed by atoms with Gasteiger partial charge in [-0.05, 0) is 31.9 Å². The van der Waals surface area contributed by atoms with Crippen molar-refractivity contribution in [3.63, 3.8) is 0 Å². The Hall–Kier alpha value is -1.88. The smallest absolute Gasteiger partial charge is 0.244 e. The fourth-order valence-corrected chi connectivity index (χ4v) is 3.04. The number of likely N-dealkylation sites (N-methyl/N-ethyl adjacent to an activating group) is 1. The van der Waals surface area contributed by atoms with Gasteiger partial charge in [0.2, 0.25) is 11.8 Å². The van der Waals surface area contributed by atoms with Crippen molar-refractivity contribution < 1.29 is 9.59 Å². The molecule has 1 heterocycles. The van der Waals surface area contributed by atoms with E-state index in [0.717, 1.165) is 32.5 Å². The normalized spacial score (nSPS) is 19.9. The number of nitrogens with one attached hydrogen (secondary N) is 1. The zero-order valence-corrected chi connectivity index (χ0v) is 14.3. The van der Waals surface area contributed by atoms with Gasteiger partial charge in [0.05, 0.1) is 5.92 Å². The lowest BCUT2D eigenvalue weighted by Gasteiger charge is -2.32. The van der Waals surface area contributed by atoms with E-state index in [1.165, 1.54) is 10.5 Å². The van der Waals surface area contributed by atoms with E-state index in [1.54, 1.807) is 21.0 Å². The van der Waals surface area contributed by atoms with Gasteiger partial charge >= 0.3 is 0 Å². The Morgan fingerprint density at radius 1 is 1.30 bits per heavy atom. The summed E-state index contributed by atoms with van der Waals surface area (Å²) in [5, 5.41) is 2.86. The van der Waals surface area contributed by atoms with Gasteiger partial charge < -0.3 is 10.2 Å². The molecule has 5 heteroatoms. The standard InChI is InChI=1S/C18H27N3O2/c1-14(18(23)20(2)3)19-17(22)16-10-7-11-21(13-16)12-15-8-5-4-6-9-15/h4-6,8-9,14,16H,7,10-13H2,1-3H3,(H,19,22)/t14-,16+/m1/s1. The monoisotopic (exact) mass is 317 g/mol. The van der Waals surface area contributed by atoms with E-state index in [0.29, 0.717) is 0 Å². The molecular formula is C18H27N3O2. The van der Waals surface area contributed by atoms with Gasteiger partial charge in [-0.3, -0.25) is 14.5 Å². The number of amides is 2. The lowest BCUT2D eigenvalue weighted by Crippen LogP contribution is -2.49. The Labute approximate surface area is 138 Å². The molecule has 1 fully saturated rings. The molecule has 1 aromatic carbocycles. The SMILES string of the molecule is C[C@@H](NC(=O)[C@H]1CCCN(Cc2ccccc2)C1)C(=O)N(C)C. The van der Waals surface area contributed by atoms with Crippen LogP contribution in [0.1, 0.15) is 25.3 Å². The molecule has 0 unspecified atom stereocenters.